The maximum Gasteiger partial charge on any atom is 0.191 e. The van der Waals surface area contributed by atoms with Crippen molar-refractivity contribution in [3.63, 3.8) is 0 Å². The van der Waals surface area contributed by atoms with Gasteiger partial charge in [-0.05, 0) is 44.9 Å². The topological polar surface area (TPSA) is 36.4 Å². The molecule has 2 rings (SSSR count). The molecule has 3 heteroatoms. The van der Waals surface area contributed by atoms with E-state index in [2.05, 4.69) is 29.5 Å². The van der Waals surface area contributed by atoms with Gasteiger partial charge in [0.05, 0.1) is 0 Å². The molecule has 98 valence electrons. The Morgan fingerprint density at radius 2 is 1.71 bits per heavy atom. The first-order chi connectivity index (χ1) is 8.28. The maximum atomic E-state index is 4.56. The molecule has 2 unspecified atom stereocenters. The lowest BCUT2D eigenvalue weighted by Gasteiger charge is -2.32. The Kier molecular flexibility index (Phi) is 4.69. The molecule has 0 aliphatic heterocycles. The van der Waals surface area contributed by atoms with Gasteiger partial charge in [-0.25, -0.2) is 0 Å². The largest absolute Gasteiger partial charge is 0.354 e. The van der Waals surface area contributed by atoms with E-state index >= 15 is 0 Å². The van der Waals surface area contributed by atoms with Crippen molar-refractivity contribution in [3.05, 3.63) is 0 Å². The Morgan fingerprint density at radius 1 is 1.06 bits per heavy atom. The van der Waals surface area contributed by atoms with Gasteiger partial charge in [-0.15, -0.1) is 0 Å². The summed E-state index contributed by atoms with van der Waals surface area (Å²) in [6, 6.07) is 1.31. The number of nitrogens with one attached hydrogen (secondary N) is 2. The predicted molar refractivity (Wildman–Crippen MR) is 73.3 cm³/mol. The molecule has 0 aromatic rings. The highest BCUT2D eigenvalue weighted by Gasteiger charge is 2.22. The Hall–Kier alpha value is -0.730. The van der Waals surface area contributed by atoms with E-state index in [-0.39, 0.29) is 0 Å². The third-order valence-electron chi connectivity index (χ3n) is 4.04. The average Bonchev–Trinajstić information content (AvgIpc) is 2.23. The molecule has 2 N–H and O–H groups in total. The van der Waals surface area contributed by atoms with E-state index in [0.717, 1.165) is 18.4 Å². The molecule has 0 aromatic heterocycles. The molecule has 0 heterocycles. The Morgan fingerprint density at radius 3 is 2.29 bits per heavy atom. The highest BCUT2D eigenvalue weighted by molar-refractivity contribution is 5.80. The second kappa shape index (κ2) is 6.27. The summed E-state index contributed by atoms with van der Waals surface area (Å²) in [4.78, 5) is 4.56. The summed E-state index contributed by atoms with van der Waals surface area (Å²) in [6.07, 6.45) is 9.36. The quantitative estimate of drug-likeness (QED) is 0.585. The molecule has 2 atom stereocenters. The van der Waals surface area contributed by atoms with Crippen molar-refractivity contribution < 1.29 is 0 Å². The van der Waals surface area contributed by atoms with Crippen LogP contribution in [-0.4, -0.2) is 24.6 Å². The monoisotopic (exact) mass is 237 g/mol. The van der Waals surface area contributed by atoms with Crippen LogP contribution in [0.4, 0.5) is 0 Å². The smallest absolute Gasteiger partial charge is 0.191 e. The number of rotatable bonds is 3. The number of hydrogen-bond donors (Lipinski definition) is 2. The predicted octanol–water partition coefficient (Wildman–Crippen LogP) is 2.67. The van der Waals surface area contributed by atoms with Gasteiger partial charge in [-0.2, -0.15) is 0 Å². The van der Waals surface area contributed by atoms with E-state index in [4.69, 9.17) is 0 Å². The van der Waals surface area contributed by atoms with Crippen LogP contribution in [0.3, 0.4) is 0 Å². The molecule has 3 nitrogen and oxygen atoms in total. The van der Waals surface area contributed by atoms with Crippen LogP contribution in [0.1, 0.15) is 58.8 Å². The van der Waals surface area contributed by atoms with Crippen LogP contribution >= 0.6 is 0 Å². The van der Waals surface area contributed by atoms with Crippen molar-refractivity contribution >= 4 is 5.96 Å². The number of hydrogen-bond acceptors (Lipinski definition) is 1. The van der Waals surface area contributed by atoms with Crippen LogP contribution in [0.15, 0.2) is 4.99 Å². The third-order valence-corrected chi connectivity index (χ3v) is 4.04. The number of guanidine groups is 1. The standard InChI is InChI=1S/C14H27N3/c1-3-15-14(16-12-7-5-8-12)17-13-9-4-6-11(2)10-13/h11-13H,3-10H2,1-2H3,(H2,15,16,17). The normalized spacial score (nSPS) is 30.8. The average molecular weight is 237 g/mol. The lowest BCUT2D eigenvalue weighted by molar-refractivity contribution is 0.319. The summed E-state index contributed by atoms with van der Waals surface area (Å²) in [5, 5.41) is 7.18. The molecule has 2 aliphatic carbocycles. The van der Waals surface area contributed by atoms with E-state index < -0.39 is 0 Å². The molecule has 2 aliphatic rings. The van der Waals surface area contributed by atoms with Crippen LogP contribution in [-0.2, 0) is 0 Å². The minimum absolute atomic E-state index is 0.636. The zero-order chi connectivity index (χ0) is 12.1. The van der Waals surface area contributed by atoms with Crippen LogP contribution in [0.2, 0.25) is 0 Å². The highest BCUT2D eigenvalue weighted by Crippen LogP contribution is 2.23. The van der Waals surface area contributed by atoms with Gasteiger partial charge in [0.25, 0.3) is 0 Å². The van der Waals surface area contributed by atoms with E-state index in [1.54, 1.807) is 0 Å². The third kappa shape index (κ3) is 3.90. The Bertz CT molecular complexity index is 258. The van der Waals surface area contributed by atoms with E-state index in [1.165, 1.54) is 44.9 Å². The van der Waals surface area contributed by atoms with E-state index in [0.29, 0.717) is 12.1 Å². The molecule has 2 fully saturated rings. The van der Waals surface area contributed by atoms with Crippen molar-refractivity contribution in [1.29, 1.82) is 0 Å². The van der Waals surface area contributed by atoms with Crippen LogP contribution in [0.5, 0.6) is 0 Å². The van der Waals surface area contributed by atoms with Gasteiger partial charge in [0.15, 0.2) is 5.96 Å². The molecule has 0 radical (unpaired) electrons. The minimum Gasteiger partial charge on any atom is -0.354 e. The van der Waals surface area contributed by atoms with Crippen molar-refractivity contribution in [2.75, 3.05) is 6.54 Å². The SMILES string of the molecule is CCN=C(NC1CCC1)NC1CCCC(C)C1. The number of nitrogens with zero attached hydrogens (tertiary/aromatic N) is 1. The molecule has 0 amide bonds. The fourth-order valence-electron chi connectivity index (χ4n) is 2.80. The summed E-state index contributed by atoms with van der Waals surface area (Å²) in [5.74, 6) is 1.92. The van der Waals surface area contributed by atoms with Crippen molar-refractivity contribution in [2.45, 2.75) is 70.9 Å². The second-order valence-corrected chi connectivity index (χ2v) is 5.71. The Balaban J connectivity index is 1.81. The van der Waals surface area contributed by atoms with Gasteiger partial charge in [-0.1, -0.05) is 19.8 Å². The summed E-state index contributed by atoms with van der Waals surface area (Å²) < 4.78 is 0. The van der Waals surface area contributed by atoms with Gasteiger partial charge in [0.2, 0.25) is 0 Å². The van der Waals surface area contributed by atoms with Crippen LogP contribution < -0.4 is 10.6 Å². The van der Waals surface area contributed by atoms with Crippen LogP contribution in [0.25, 0.3) is 0 Å². The first kappa shape index (κ1) is 12.7. The maximum absolute atomic E-state index is 4.56. The molecular formula is C14H27N3. The first-order valence-electron chi connectivity index (χ1n) is 7.35. The summed E-state index contributed by atoms with van der Waals surface area (Å²) in [6.45, 7) is 5.34. The van der Waals surface area contributed by atoms with Crippen molar-refractivity contribution in [1.82, 2.24) is 10.6 Å². The fraction of sp³-hybridized carbons (Fsp3) is 0.929. The zero-order valence-electron chi connectivity index (χ0n) is 11.3. The highest BCUT2D eigenvalue weighted by atomic mass is 15.2. The fourth-order valence-corrected chi connectivity index (χ4v) is 2.80. The minimum atomic E-state index is 0.636. The number of aliphatic imine (C=N–C) groups is 1. The van der Waals surface area contributed by atoms with Gasteiger partial charge in [0.1, 0.15) is 0 Å². The molecule has 2 saturated carbocycles. The van der Waals surface area contributed by atoms with Gasteiger partial charge < -0.3 is 10.6 Å². The molecular weight excluding hydrogens is 210 g/mol. The van der Waals surface area contributed by atoms with Gasteiger partial charge >= 0.3 is 0 Å². The first-order valence-corrected chi connectivity index (χ1v) is 7.35. The van der Waals surface area contributed by atoms with Gasteiger partial charge in [-0.3, -0.25) is 4.99 Å². The molecule has 0 saturated heterocycles. The summed E-state index contributed by atoms with van der Waals surface area (Å²) in [5.41, 5.74) is 0. The molecule has 0 spiro atoms. The summed E-state index contributed by atoms with van der Waals surface area (Å²) in [7, 11) is 0. The molecule has 17 heavy (non-hydrogen) atoms. The van der Waals surface area contributed by atoms with Crippen molar-refractivity contribution in [2.24, 2.45) is 10.9 Å². The molecule has 0 bridgehead atoms. The second-order valence-electron chi connectivity index (χ2n) is 5.71. The van der Waals surface area contributed by atoms with Gasteiger partial charge in [0, 0.05) is 18.6 Å². The summed E-state index contributed by atoms with van der Waals surface area (Å²) >= 11 is 0. The molecule has 0 aromatic carbocycles. The van der Waals surface area contributed by atoms with Crippen molar-refractivity contribution in [3.8, 4) is 0 Å². The lowest BCUT2D eigenvalue weighted by Crippen LogP contribution is -2.50. The zero-order valence-corrected chi connectivity index (χ0v) is 11.3. The lowest BCUT2D eigenvalue weighted by atomic mass is 9.87. The van der Waals surface area contributed by atoms with E-state index in [9.17, 15) is 0 Å². The van der Waals surface area contributed by atoms with Crippen LogP contribution in [0, 0.1) is 5.92 Å². The van der Waals surface area contributed by atoms with E-state index in [1.807, 2.05) is 0 Å². The Labute approximate surface area is 105 Å².